The lowest BCUT2D eigenvalue weighted by molar-refractivity contribution is 0.101. The van der Waals surface area contributed by atoms with Crippen molar-refractivity contribution in [1.82, 2.24) is 15.2 Å². The Morgan fingerprint density at radius 2 is 2.10 bits per heavy atom. The van der Waals surface area contributed by atoms with Crippen molar-refractivity contribution in [3.8, 4) is 0 Å². The van der Waals surface area contributed by atoms with Crippen LogP contribution in [-0.2, 0) is 5.41 Å². The molecule has 1 aromatic carbocycles. The highest BCUT2D eigenvalue weighted by Crippen LogP contribution is 2.23. The lowest BCUT2D eigenvalue weighted by Crippen LogP contribution is -2.16. The zero-order valence-electron chi connectivity index (χ0n) is 11.3. The Kier molecular flexibility index (Phi) is 3.76. The molecule has 2 aromatic rings. The number of hydrogen-bond donors (Lipinski definition) is 2. The number of hydrogen-bond acceptors (Lipinski definition) is 3. The van der Waals surface area contributed by atoms with Crippen molar-refractivity contribution in [3.05, 3.63) is 40.7 Å². The van der Waals surface area contributed by atoms with E-state index in [-0.39, 0.29) is 16.3 Å². The molecule has 0 spiro atoms. The van der Waals surface area contributed by atoms with Crippen molar-refractivity contribution in [1.29, 1.82) is 0 Å². The zero-order valence-corrected chi connectivity index (χ0v) is 12.0. The van der Waals surface area contributed by atoms with E-state index in [0.717, 1.165) is 6.07 Å². The summed E-state index contributed by atoms with van der Waals surface area (Å²) in [4.78, 5) is 16.1. The van der Waals surface area contributed by atoms with Crippen LogP contribution in [0.25, 0.3) is 0 Å². The average Bonchev–Trinajstić information content (AvgIpc) is 2.82. The van der Waals surface area contributed by atoms with Crippen LogP contribution in [0.2, 0.25) is 5.02 Å². The van der Waals surface area contributed by atoms with Gasteiger partial charge in [-0.05, 0) is 18.2 Å². The molecule has 2 rings (SSSR count). The van der Waals surface area contributed by atoms with Crippen LogP contribution < -0.4 is 5.32 Å². The number of halogens is 2. The van der Waals surface area contributed by atoms with Crippen LogP contribution in [0, 0.1) is 5.82 Å². The van der Waals surface area contributed by atoms with Gasteiger partial charge in [-0.25, -0.2) is 9.37 Å². The number of rotatable bonds is 2. The topological polar surface area (TPSA) is 70.7 Å². The Labute approximate surface area is 120 Å². The Hall–Kier alpha value is -1.95. The van der Waals surface area contributed by atoms with Crippen molar-refractivity contribution in [2.24, 2.45) is 0 Å². The first-order valence-electron chi connectivity index (χ1n) is 5.96. The molecule has 0 aliphatic rings. The van der Waals surface area contributed by atoms with Crippen LogP contribution in [-0.4, -0.2) is 21.1 Å². The van der Waals surface area contributed by atoms with E-state index in [1.165, 1.54) is 12.1 Å². The van der Waals surface area contributed by atoms with Crippen molar-refractivity contribution < 1.29 is 9.18 Å². The highest BCUT2D eigenvalue weighted by atomic mass is 35.5. The van der Waals surface area contributed by atoms with Crippen LogP contribution in [0.15, 0.2) is 18.2 Å². The predicted molar refractivity (Wildman–Crippen MR) is 74.4 cm³/mol. The molecule has 7 heteroatoms. The van der Waals surface area contributed by atoms with Gasteiger partial charge in [-0.3, -0.25) is 9.89 Å². The van der Waals surface area contributed by atoms with Gasteiger partial charge in [0.2, 0.25) is 5.82 Å². The molecule has 106 valence electrons. The number of nitrogens with one attached hydrogen (secondary N) is 2. The van der Waals surface area contributed by atoms with E-state index < -0.39 is 11.7 Å². The van der Waals surface area contributed by atoms with Crippen molar-refractivity contribution in [2.45, 2.75) is 26.2 Å². The largest absolute Gasteiger partial charge is 0.318 e. The second-order valence-electron chi connectivity index (χ2n) is 5.34. The van der Waals surface area contributed by atoms with E-state index in [1.807, 2.05) is 20.8 Å². The summed E-state index contributed by atoms with van der Waals surface area (Å²) >= 11 is 5.84. The summed E-state index contributed by atoms with van der Waals surface area (Å²) in [6.45, 7) is 5.85. The molecule has 20 heavy (non-hydrogen) atoms. The maximum absolute atomic E-state index is 12.9. The van der Waals surface area contributed by atoms with Gasteiger partial charge in [-0.15, -0.1) is 5.10 Å². The molecule has 0 unspecified atom stereocenters. The Morgan fingerprint density at radius 3 is 2.65 bits per heavy atom. The van der Waals surface area contributed by atoms with Gasteiger partial charge in [0.1, 0.15) is 11.6 Å². The van der Waals surface area contributed by atoms with Crippen molar-refractivity contribution in [3.63, 3.8) is 0 Å². The van der Waals surface area contributed by atoms with Gasteiger partial charge in [-0.1, -0.05) is 32.4 Å². The molecule has 2 N–H and O–H groups in total. The summed E-state index contributed by atoms with van der Waals surface area (Å²) in [5.41, 5.74) is 0.0687. The number of nitrogens with zero attached hydrogens (tertiary/aromatic N) is 2. The van der Waals surface area contributed by atoms with Gasteiger partial charge < -0.3 is 5.32 Å². The second kappa shape index (κ2) is 5.20. The van der Waals surface area contributed by atoms with Crippen LogP contribution in [0.5, 0.6) is 0 Å². The molecule has 1 amide bonds. The van der Waals surface area contributed by atoms with Gasteiger partial charge in [0.15, 0.2) is 0 Å². The second-order valence-corrected chi connectivity index (χ2v) is 5.74. The third kappa shape index (κ3) is 3.14. The smallest absolute Gasteiger partial charge is 0.295 e. The summed E-state index contributed by atoms with van der Waals surface area (Å²) in [5, 5.41) is 9.23. The van der Waals surface area contributed by atoms with E-state index in [2.05, 4.69) is 20.5 Å². The molecule has 0 saturated carbocycles. The highest BCUT2D eigenvalue weighted by Gasteiger charge is 2.21. The molecular weight excluding hydrogens is 283 g/mol. The molecule has 0 aliphatic carbocycles. The maximum Gasteiger partial charge on any atom is 0.295 e. The van der Waals surface area contributed by atoms with Gasteiger partial charge in [0.05, 0.1) is 10.7 Å². The Bertz CT molecular complexity index is 648. The molecule has 0 aliphatic heterocycles. The number of carbonyl (C=O) groups is 1. The lowest BCUT2D eigenvalue weighted by atomic mass is 9.96. The summed E-state index contributed by atoms with van der Waals surface area (Å²) in [6.07, 6.45) is 0. The first-order chi connectivity index (χ1) is 9.27. The normalized spacial score (nSPS) is 11.4. The fourth-order valence-electron chi connectivity index (χ4n) is 1.47. The minimum Gasteiger partial charge on any atom is -0.318 e. The molecule has 0 radical (unpaired) electrons. The van der Waals surface area contributed by atoms with Crippen LogP contribution in [0.3, 0.4) is 0 Å². The summed E-state index contributed by atoms with van der Waals surface area (Å²) in [5.74, 6) is -0.366. The monoisotopic (exact) mass is 296 g/mol. The van der Waals surface area contributed by atoms with Crippen LogP contribution in [0.1, 0.15) is 37.2 Å². The van der Waals surface area contributed by atoms with Gasteiger partial charge in [0, 0.05) is 5.41 Å². The maximum atomic E-state index is 12.9. The van der Waals surface area contributed by atoms with E-state index in [9.17, 15) is 9.18 Å². The fraction of sp³-hybridized carbons (Fsp3) is 0.308. The van der Waals surface area contributed by atoms with Crippen molar-refractivity contribution >= 4 is 23.2 Å². The number of aromatic amines is 1. The number of amides is 1. The number of anilines is 1. The van der Waals surface area contributed by atoms with Gasteiger partial charge in [-0.2, -0.15) is 0 Å². The first kappa shape index (κ1) is 14.5. The quantitative estimate of drug-likeness (QED) is 0.894. The SMILES string of the molecule is CC(C)(C)c1nc(C(=O)Nc2ccc(F)cc2Cl)n[nH]1. The summed E-state index contributed by atoms with van der Waals surface area (Å²) < 4.78 is 12.9. The minimum atomic E-state index is -0.509. The van der Waals surface area contributed by atoms with Crippen LogP contribution >= 0.6 is 11.6 Å². The van der Waals surface area contributed by atoms with Gasteiger partial charge in [0.25, 0.3) is 5.91 Å². The molecular formula is C13H14ClFN4O. The average molecular weight is 297 g/mol. The molecule has 0 atom stereocenters. The van der Waals surface area contributed by atoms with E-state index in [4.69, 9.17) is 11.6 Å². The van der Waals surface area contributed by atoms with Crippen LogP contribution in [0.4, 0.5) is 10.1 Å². The number of aromatic nitrogens is 3. The predicted octanol–water partition coefficient (Wildman–Crippen LogP) is 3.15. The van der Waals surface area contributed by atoms with E-state index in [1.54, 1.807) is 0 Å². The molecule has 0 saturated heterocycles. The molecule has 0 fully saturated rings. The number of carbonyl (C=O) groups excluding carboxylic acids is 1. The van der Waals surface area contributed by atoms with E-state index in [0.29, 0.717) is 11.5 Å². The van der Waals surface area contributed by atoms with Crippen molar-refractivity contribution in [2.75, 3.05) is 5.32 Å². The summed E-state index contributed by atoms with van der Waals surface area (Å²) in [6, 6.07) is 3.71. The molecule has 1 aromatic heterocycles. The zero-order chi connectivity index (χ0) is 14.9. The fourth-order valence-corrected chi connectivity index (χ4v) is 1.68. The minimum absolute atomic E-state index is 0.00955. The Morgan fingerprint density at radius 1 is 1.40 bits per heavy atom. The molecule has 1 heterocycles. The molecule has 5 nitrogen and oxygen atoms in total. The van der Waals surface area contributed by atoms with Gasteiger partial charge >= 0.3 is 0 Å². The Balaban J connectivity index is 2.18. The number of H-pyrrole nitrogens is 1. The third-order valence-electron chi connectivity index (χ3n) is 2.58. The lowest BCUT2D eigenvalue weighted by Gasteiger charge is -2.12. The first-order valence-corrected chi connectivity index (χ1v) is 6.34. The third-order valence-corrected chi connectivity index (χ3v) is 2.89. The standard InChI is InChI=1S/C13H14ClFN4O/c1-13(2,3)12-17-10(18-19-12)11(20)16-9-5-4-7(15)6-8(9)14/h4-6H,1-3H3,(H,16,20)(H,17,18,19). The van der Waals surface area contributed by atoms with E-state index >= 15 is 0 Å². The number of benzene rings is 1. The highest BCUT2D eigenvalue weighted by molar-refractivity contribution is 6.33. The molecule has 0 bridgehead atoms. The summed E-state index contributed by atoms with van der Waals surface area (Å²) in [7, 11) is 0.